The molecule has 0 bridgehead atoms. The van der Waals surface area contributed by atoms with Crippen molar-refractivity contribution in [1.82, 2.24) is 9.55 Å². The van der Waals surface area contributed by atoms with Gasteiger partial charge in [0, 0.05) is 17.5 Å². The Bertz CT molecular complexity index is 986. The number of hydrogen-bond donors (Lipinski definition) is 1. The zero-order valence-corrected chi connectivity index (χ0v) is 14.6. The Balaban J connectivity index is 2.36. The van der Waals surface area contributed by atoms with Crippen LogP contribution in [0.25, 0.3) is 21.6 Å². The van der Waals surface area contributed by atoms with Gasteiger partial charge in [-0.25, -0.2) is 9.78 Å². The van der Waals surface area contributed by atoms with E-state index < -0.39 is 5.97 Å². The van der Waals surface area contributed by atoms with Crippen LogP contribution in [0.5, 0.6) is 0 Å². The van der Waals surface area contributed by atoms with Gasteiger partial charge >= 0.3 is 5.97 Å². The number of carboxylic acid groups (broad SMARTS) is 1. The summed E-state index contributed by atoms with van der Waals surface area (Å²) >= 11 is 1.19. The van der Waals surface area contributed by atoms with Crippen LogP contribution in [0, 0.1) is 12.8 Å². The summed E-state index contributed by atoms with van der Waals surface area (Å²) in [6, 6.07) is 7.82. The molecule has 0 radical (unpaired) electrons. The Hall–Kier alpha value is -2.47. The molecule has 0 saturated heterocycles. The molecule has 0 unspecified atom stereocenters. The molecule has 2 aromatic heterocycles. The number of thiophene rings is 1. The van der Waals surface area contributed by atoms with Crippen molar-refractivity contribution in [2.24, 2.45) is 5.92 Å². The van der Waals surface area contributed by atoms with Gasteiger partial charge in [0.2, 0.25) is 0 Å². The normalized spacial score (nSPS) is 11.3. The summed E-state index contributed by atoms with van der Waals surface area (Å²) in [4.78, 5) is 29.5. The lowest BCUT2D eigenvalue weighted by molar-refractivity contribution is 0.0699. The SMILES string of the molecule is Cc1cccc(-c2nc3scc(C(=O)O)c3c(=O)n2CC(C)C)c1. The monoisotopic (exact) mass is 342 g/mol. The summed E-state index contributed by atoms with van der Waals surface area (Å²) in [6.07, 6.45) is 0. The van der Waals surface area contributed by atoms with E-state index in [0.717, 1.165) is 11.1 Å². The van der Waals surface area contributed by atoms with Crippen LogP contribution in [0.2, 0.25) is 0 Å². The highest BCUT2D eigenvalue weighted by atomic mass is 32.1. The maximum Gasteiger partial charge on any atom is 0.337 e. The van der Waals surface area contributed by atoms with Gasteiger partial charge in [-0.1, -0.05) is 37.6 Å². The molecule has 0 aliphatic heterocycles. The zero-order chi connectivity index (χ0) is 17.4. The lowest BCUT2D eigenvalue weighted by Gasteiger charge is -2.15. The smallest absolute Gasteiger partial charge is 0.337 e. The lowest BCUT2D eigenvalue weighted by Crippen LogP contribution is -2.26. The van der Waals surface area contributed by atoms with Crippen LogP contribution in [0.4, 0.5) is 0 Å². The van der Waals surface area contributed by atoms with Gasteiger partial charge in [-0.3, -0.25) is 9.36 Å². The van der Waals surface area contributed by atoms with E-state index in [4.69, 9.17) is 0 Å². The van der Waals surface area contributed by atoms with E-state index in [1.54, 1.807) is 4.57 Å². The Morgan fingerprint density at radius 2 is 2.12 bits per heavy atom. The summed E-state index contributed by atoms with van der Waals surface area (Å²) in [5.74, 6) is -0.277. The van der Waals surface area contributed by atoms with Crippen molar-refractivity contribution in [1.29, 1.82) is 0 Å². The van der Waals surface area contributed by atoms with Crippen molar-refractivity contribution in [2.75, 3.05) is 0 Å². The molecule has 3 rings (SSSR count). The summed E-state index contributed by atoms with van der Waals surface area (Å²) in [5, 5.41) is 11.0. The van der Waals surface area contributed by atoms with E-state index in [1.165, 1.54) is 16.7 Å². The average Bonchev–Trinajstić information content (AvgIpc) is 2.94. The van der Waals surface area contributed by atoms with E-state index in [-0.39, 0.29) is 22.4 Å². The molecule has 24 heavy (non-hydrogen) atoms. The number of benzene rings is 1. The molecule has 0 spiro atoms. The van der Waals surface area contributed by atoms with Crippen molar-refractivity contribution in [2.45, 2.75) is 27.3 Å². The van der Waals surface area contributed by atoms with Gasteiger partial charge in [0.1, 0.15) is 10.7 Å². The highest BCUT2D eigenvalue weighted by Gasteiger charge is 2.20. The molecule has 5 nitrogen and oxygen atoms in total. The first-order valence-corrected chi connectivity index (χ1v) is 8.58. The standard InChI is InChI=1S/C18H18N2O3S/c1-10(2)8-20-15(12-6-4-5-11(3)7-12)19-16-14(17(20)21)13(9-24-16)18(22)23/h4-7,9-10H,8H2,1-3H3,(H,22,23). The first-order valence-electron chi connectivity index (χ1n) is 7.71. The summed E-state index contributed by atoms with van der Waals surface area (Å²) < 4.78 is 1.60. The number of rotatable bonds is 4. The van der Waals surface area contributed by atoms with Gasteiger partial charge in [0.25, 0.3) is 5.56 Å². The number of carbonyl (C=O) groups is 1. The fourth-order valence-electron chi connectivity index (χ4n) is 2.72. The van der Waals surface area contributed by atoms with Crippen molar-refractivity contribution in [3.05, 3.63) is 51.1 Å². The predicted molar refractivity (Wildman–Crippen MR) is 95.9 cm³/mol. The Kier molecular flexibility index (Phi) is 4.24. The molecule has 0 aliphatic rings. The van der Waals surface area contributed by atoms with Crippen molar-refractivity contribution in [3.8, 4) is 11.4 Å². The van der Waals surface area contributed by atoms with E-state index in [2.05, 4.69) is 4.98 Å². The zero-order valence-electron chi connectivity index (χ0n) is 13.7. The molecule has 0 aliphatic carbocycles. The average molecular weight is 342 g/mol. The fraction of sp³-hybridized carbons (Fsp3) is 0.278. The predicted octanol–water partition coefficient (Wildman–Crippen LogP) is 3.79. The number of fused-ring (bicyclic) bond motifs is 1. The van der Waals surface area contributed by atoms with Crippen LogP contribution < -0.4 is 5.56 Å². The van der Waals surface area contributed by atoms with Gasteiger partial charge in [0.15, 0.2) is 0 Å². The first-order chi connectivity index (χ1) is 11.4. The van der Waals surface area contributed by atoms with Crippen LogP contribution in [0.1, 0.15) is 29.8 Å². The van der Waals surface area contributed by atoms with Crippen LogP contribution >= 0.6 is 11.3 Å². The van der Waals surface area contributed by atoms with Gasteiger partial charge in [-0.05, 0) is 18.9 Å². The van der Waals surface area contributed by atoms with Gasteiger partial charge in [-0.15, -0.1) is 11.3 Å². The quantitative estimate of drug-likeness (QED) is 0.783. The maximum atomic E-state index is 13.0. The van der Waals surface area contributed by atoms with Crippen LogP contribution in [0.3, 0.4) is 0 Å². The number of carboxylic acids is 1. The first kappa shape index (κ1) is 16.4. The Labute approximate surface area is 143 Å². The third kappa shape index (κ3) is 2.85. The number of nitrogens with zero attached hydrogens (tertiary/aromatic N) is 2. The molecule has 3 aromatic rings. The molecule has 1 N–H and O–H groups in total. The minimum absolute atomic E-state index is 0.0285. The third-order valence-corrected chi connectivity index (χ3v) is 4.62. The summed E-state index contributed by atoms with van der Waals surface area (Å²) in [6.45, 7) is 6.51. The molecular formula is C18H18N2O3S. The minimum atomic E-state index is -1.10. The second kappa shape index (κ2) is 6.20. The van der Waals surface area contributed by atoms with E-state index in [9.17, 15) is 14.7 Å². The fourth-order valence-corrected chi connectivity index (χ4v) is 3.62. The van der Waals surface area contributed by atoms with Gasteiger partial charge < -0.3 is 5.11 Å². The molecule has 0 fully saturated rings. The molecule has 0 saturated carbocycles. The Morgan fingerprint density at radius 3 is 2.75 bits per heavy atom. The topological polar surface area (TPSA) is 72.2 Å². The number of hydrogen-bond acceptors (Lipinski definition) is 4. The van der Waals surface area contributed by atoms with Gasteiger partial charge in [-0.2, -0.15) is 0 Å². The van der Waals surface area contributed by atoms with Crippen molar-refractivity contribution < 1.29 is 9.90 Å². The lowest BCUT2D eigenvalue weighted by atomic mass is 10.1. The second-order valence-corrected chi connectivity index (χ2v) is 7.11. The van der Waals surface area contributed by atoms with Crippen molar-refractivity contribution >= 4 is 27.5 Å². The van der Waals surface area contributed by atoms with Crippen LogP contribution in [-0.4, -0.2) is 20.6 Å². The number of aromatic nitrogens is 2. The molecule has 2 heterocycles. The molecule has 124 valence electrons. The molecule has 0 amide bonds. The largest absolute Gasteiger partial charge is 0.478 e. The molecular weight excluding hydrogens is 324 g/mol. The van der Waals surface area contributed by atoms with Crippen molar-refractivity contribution in [3.63, 3.8) is 0 Å². The van der Waals surface area contributed by atoms with Crippen LogP contribution in [-0.2, 0) is 6.54 Å². The minimum Gasteiger partial charge on any atom is -0.478 e. The summed E-state index contributed by atoms with van der Waals surface area (Å²) in [5.41, 5.74) is 1.68. The highest BCUT2D eigenvalue weighted by molar-refractivity contribution is 7.17. The van der Waals surface area contributed by atoms with Gasteiger partial charge in [0.05, 0.1) is 10.9 Å². The number of aryl methyl sites for hydroxylation is 1. The number of aromatic carboxylic acids is 1. The third-order valence-electron chi connectivity index (χ3n) is 3.75. The Morgan fingerprint density at radius 1 is 1.38 bits per heavy atom. The van der Waals surface area contributed by atoms with E-state index in [0.29, 0.717) is 17.2 Å². The van der Waals surface area contributed by atoms with E-state index >= 15 is 0 Å². The molecule has 0 atom stereocenters. The molecule has 1 aromatic carbocycles. The molecule has 6 heteroatoms. The summed E-state index contributed by atoms with van der Waals surface area (Å²) in [7, 11) is 0. The van der Waals surface area contributed by atoms with Crippen LogP contribution in [0.15, 0.2) is 34.4 Å². The maximum absolute atomic E-state index is 13.0. The highest BCUT2D eigenvalue weighted by Crippen LogP contribution is 2.26. The van der Waals surface area contributed by atoms with E-state index in [1.807, 2.05) is 45.0 Å². The second-order valence-electron chi connectivity index (χ2n) is 6.25.